The van der Waals surface area contributed by atoms with Gasteiger partial charge < -0.3 is 15.4 Å². The molecule has 0 aliphatic carbocycles. The van der Waals surface area contributed by atoms with E-state index in [1.54, 1.807) is 29.8 Å². The van der Waals surface area contributed by atoms with Crippen LogP contribution in [0.5, 0.6) is 0 Å². The fraction of sp³-hybridized carbons (Fsp3) is 0.0833. The number of esters is 1. The Morgan fingerprint density at radius 2 is 2.16 bits per heavy atom. The molecule has 0 atom stereocenters. The molecule has 0 radical (unpaired) electrons. The molecule has 0 aliphatic heterocycles. The van der Waals surface area contributed by atoms with Crippen LogP contribution in [0, 0.1) is 0 Å². The third-order valence-electron chi connectivity index (χ3n) is 2.20. The average Bonchev–Trinajstić information content (AvgIpc) is 2.87. The minimum atomic E-state index is -0.480. The first kappa shape index (κ1) is 13.0. The third-order valence-corrected chi connectivity index (χ3v) is 3.10. The first-order valence-corrected chi connectivity index (χ1v) is 6.22. The summed E-state index contributed by atoms with van der Waals surface area (Å²) in [5.41, 5.74) is 0.980. The molecule has 0 aliphatic rings. The number of hydrogen-bond acceptors (Lipinski definition) is 5. The highest BCUT2D eigenvalue weighted by atomic mass is 32.1. The van der Waals surface area contributed by atoms with Gasteiger partial charge in [0, 0.05) is 6.20 Å². The van der Waals surface area contributed by atoms with Gasteiger partial charge in [-0.3, -0.25) is 4.98 Å². The number of amides is 2. The van der Waals surface area contributed by atoms with Gasteiger partial charge in [-0.15, -0.1) is 11.3 Å². The Balaban J connectivity index is 2.04. The van der Waals surface area contributed by atoms with Gasteiger partial charge in [0.15, 0.2) is 0 Å². The molecule has 0 saturated carbocycles. The molecule has 2 heterocycles. The van der Waals surface area contributed by atoms with Crippen LogP contribution in [0.2, 0.25) is 0 Å². The van der Waals surface area contributed by atoms with Crippen molar-refractivity contribution in [2.24, 2.45) is 0 Å². The van der Waals surface area contributed by atoms with Crippen molar-refractivity contribution in [3.8, 4) is 0 Å². The van der Waals surface area contributed by atoms with E-state index in [-0.39, 0.29) is 0 Å². The predicted octanol–water partition coefficient (Wildman–Crippen LogP) is 2.57. The van der Waals surface area contributed by atoms with Crippen LogP contribution in [-0.2, 0) is 4.74 Å². The van der Waals surface area contributed by atoms with Crippen LogP contribution in [0.4, 0.5) is 16.2 Å². The van der Waals surface area contributed by atoms with Gasteiger partial charge in [-0.05, 0) is 23.6 Å². The lowest BCUT2D eigenvalue weighted by molar-refractivity contribution is 0.0607. The van der Waals surface area contributed by atoms with E-state index in [0.29, 0.717) is 16.3 Å². The summed E-state index contributed by atoms with van der Waals surface area (Å²) in [5.74, 6) is -0.480. The molecule has 0 bridgehead atoms. The predicted molar refractivity (Wildman–Crippen MR) is 72.5 cm³/mol. The van der Waals surface area contributed by atoms with Gasteiger partial charge in [0.1, 0.15) is 4.88 Å². The second kappa shape index (κ2) is 5.96. The molecule has 6 nitrogen and oxygen atoms in total. The number of urea groups is 1. The zero-order valence-electron chi connectivity index (χ0n) is 10.0. The zero-order valence-corrected chi connectivity index (χ0v) is 10.9. The molecule has 2 N–H and O–H groups in total. The quantitative estimate of drug-likeness (QED) is 0.845. The van der Waals surface area contributed by atoms with Crippen LogP contribution < -0.4 is 10.6 Å². The standard InChI is InChI=1S/C12H11N3O3S/c1-18-11(16)10-9(4-6-19-10)15-12(17)14-8-3-2-5-13-7-8/h2-7H,1H3,(H2,14,15,17). The molecule has 98 valence electrons. The molecule has 7 heteroatoms. The first-order valence-electron chi connectivity index (χ1n) is 5.34. The number of ether oxygens (including phenoxy) is 1. The van der Waals surface area contributed by atoms with Gasteiger partial charge >= 0.3 is 12.0 Å². The van der Waals surface area contributed by atoms with E-state index in [1.165, 1.54) is 24.6 Å². The summed E-state index contributed by atoms with van der Waals surface area (Å²) in [4.78, 5) is 27.4. The van der Waals surface area contributed by atoms with Crippen LogP contribution in [0.25, 0.3) is 0 Å². The summed E-state index contributed by atoms with van der Waals surface area (Å²) in [6, 6.07) is 4.61. The summed E-state index contributed by atoms with van der Waals surface area (Å²) >= 11 is 1.20. The highest BCUT2D eigenvalue weighted by Crippen LogP contribution is 2.23. The summed E-state index contributed by atoms with van der Waals surface area (Å²) in [7, 11) is 1.29. The lowest BCUT2D eigenvalue weighted by atomic mass is 10.4. The number of pyridine rings is 1. The minimum absolute atomic E-state index is 0.351. The molecule has 19 heavy (non-hydrogen) atoms. The maximum Gasteiger partial charge on any atom is 0.350 e. The molecule has 0 aromatic carbocycles. The Hall–Kier alpha value is -2.41. The lowest BCUT2D eigenvalue weighted by Gasteiger charge is -2.07. The number of anilines is 2. The topological polar surface area (TPSA) is 80.3 Å². The van der Waals surface area contributed by atoms with Gasteiger partial charge in [-0.25, -0.2) is 9.59 Å². The number of nitrogens with one attached hydrogen (secondary N) is 2. The summed E-state index contributed by atoms with van der Waals surface area (Å²) in [5, 5.41) is 6.89. The molecule has 2 rings (SSSR count). The Labute approximate surface area is 113 Å². The number of carbonyl (C=O) groups is 2. The van der Waals surface area contributed by atoms with Gasteiger partial charge in [0.2, 0.25) is 0 Å². The Bertz CT molecular complexity index is 583. The van der Waals surface area contributed by atoms with Gasteiger partial charge in [0.05, 0.1) is 24.7 Å². The molecule has 0 saturated heterocycles. The largest absolute Gasteiger partial charge is 0.465 e. The number of rotatable bonds is 3. The van der Waals surface area contributed by atoms with Crippen molar-refractivity contribution < 1.29 is 14.3 Å². The minimum Gasteiger partial charge on any atom is -0.465 e. The van der Waals surface area contributed by atoms with E-state index in [2.05, 4.69) is 20.4 Å². The zero-order chi connectivity index (χ0) is 13.7. The molecule has 0 spiro atoms. The van der Waals surface area contributed by atoms with E-state index in [0.717, 1.165) is 0 Å². The molecule has 2 amide bonds. The van der Waals surface area contributed by atoms with Crippen molar-refractivity contribution in [3.63, 3.8) is 0 Å². The van der Waals surface area contributed by atoms with E-state index < -0.39 is 12.0 Å². The van der Waals surface area contributed by atoms with Crippen LogP contribution in [-0.4, -0.2) is 24.1 Å². The lowest BCUT2D eigenvalue weighted by Crippen LogP contribution is -2.20. The van der Waals surface area contributed by atoms with Gasteiger partial charge in [-0.2, -0.15) is 0 Å². The molecule has 0 fully saturated rings. The summed E-state index contributed by atoms with van der Waals surface area (Å²) < 4.78 is 4.62. The Morgan fingerprint density at radius 1 is 1.32 bits per heavy atom. The molecular formula is C12H11N3O3S. The number of hydrogen-bond donors (Lipinski definition) is 2. The van der Waals surface area contributed by atoms with E-state index in [4.69, 9.17) is 0 Å². The highest BCUT2D eigenvalue weighted by Gasteiger charge is 2.15. The van der Waals surface area contributed by atoms with E-state index >= 15 is 0 Å². The van der Waals surface area contributed by atoms with Crippen molar-refractivity contribution in [2.45, 2.75) is 0 Å². The smallest absolute Gasteiger partial charge is 0.350 e. The number of aromatic nitrogens is 1. The third kappa shape index (κ3) is 3.29. The van der Waals surface area contributed by atoms with E-state index in [1.807, 2.05) is 0 Å². The fourth-order valence-electron chi connectivity index (χ4n) is 1.38. The second-order valence-corrected chi connectivity index (χ2v) is 4.39. The first-order chi connectivity index (χ1) is 9.20. The van der Waals surface area contributed by atoms with Crippen LogP contribution in [0.15, 0.2) is 36.0 Å². The molecule has 2 aromatic rings. The summed E-state index contributed by atoms with van der Waals surface area (Å²) in [6.45, 7) is 0. The van der Waals surface area contributed by atoms with Crippen LogP contribution in [0.1, 0.15) is 9.67 Å². The summed E-state index contributed by atoms with van der Waals surface area (Å²) in [6.07, 6.45) is 3.13. The van der Waals surface area contributed by atoms with Crippen LogP contribution >= 0.6 is 11.3 Å². The van der Waals surface area contributed by atoms with E-state index in [9.17, 15) is 9.59 Å². The fourth-order valence-corrected chi connectivity index (χ4v) is 2.15. The van der Waals surface area contributed by atoms with Crippen molar-refractivity contribution in [2.75, 3.05) is 17.7 Å². The SMILES string of the molecule is COC(=O)c1sccc1NC(=O)Nc1cccnc1. The Kier molecular flexibility index (Phi) is 4.09. The number of methoxy groups -OCH3 is 1. The number of thiophene rings is 1. The van der Waals surface area contributed by atoms with Crippen molar-refractivity contribution >= 4 is 34.7 Å². The van der Waals surface area contributed by atoms with Crippen molar-refractivity contribution in [1.82, 2.24) is 4.98 Å². The molecule has 2 aromatic heterocycles. The van der Waals surface area contributed by atoms with Crippen molar-refractivity contribution in [3.05, 3.63) is 40.8 Å². The second-order valence-electron chi connectivity index (χ2n) is 3.48. The van der Waals surface area contributed by atoms with Crippen molar-refractivity contribution in [1.29, 1.82) is 0 Å². The monoisotopic (exact) mass is 277 g/mol. The molecular weight excluding hydrogens is 266 g/mol. The Morgan fingerprint density at radius 3 is 2.84 bits per heavy atom. The maximum absolute atomic E-state index is 11.7. The number of nitrogens with zero attached hydrogens (tertiary/aromatic N) is 1. The highest BCUT2D eigenvalue weighted by molar-refractivity contribution is 7.12. The van der Waals surface area contributed by atoms with Gasteiger partial charge in [0.25, 0.3) is 0 Å². The number of carbonyl (C=O) groups excluding carboxylic acids is 2. The average molecular weight is 277 g/mol. The molecule has 0 unspecified atom stereocenters. The van der Waals surface area contributed by atoms with Crippen LogP contribution in [0.3, 0.4) is 0 Å². The maximum atomic E-state index is 11.7. The van der Waals surface area contributed by atoms with Gasteiger partial charge in [-0.1, -0.05) is 0 Å². The normalized spacial score (nSPS) is 9.74.